The number of phenolic OH excluding ortho intramolecular Hbond substituents is 1. The number of aromatic hydroxyl groups is 1. The number of aliphatic hydroxyl groups excluding tert-OH is 2. The zero-order chi connectivity index (χ0) is 74.3. The van der Waals surface area contributed by atoms with Crippen LogP contribution in [0.2, 0.25) is 0 Å². The highest BCUT2D eigenvalue weighted by atomic mass is 127. The van der Waals surface area contributed by atoms with Crippen molar-refractivity contribution in [1.82, 2.24) is 5.32 Å². The number of aliphatic hydroxyl groups is 2. The molecular weight excluding hydrogens is 1480 g/mol. The van der Waals surface area contributed by atoms with Crippen LogP contribution in [0.4, 0.5) is 48.7 Å². The molecule has 27 heteroatoms. The normalized spacial score (nSPS) is 27.7. The minimum Gasteiger partial charge on any atom is -0.508 e. The zero-order valence-corrected chi connectivity index (χ0v) is 63.7. The Morgan fingerprint density at radius 3 is 1.42 bits per heavy atom. The third kappa shape index (κ3) is 22.6. The van der Waals surface area contributed by atoms with Crippen LogP contribution in [-0.4, -0.2) is 130 Å². The molecule has 0 radical (unpaired) electrons. The summed E-state index contributed by atoms with van der Waals surface area (Å²) in [6.07, 6.45) is -5.13. The molecule has 0 aromatic heterocycles. The Morgan fingerprint density at radius 1 is 0.600 bits per heavy atom. The summed E-state index contributed by atoms with van der Waals surface area (Å²) in [6.45, 7) is 22.0. The molecule has 0 aliphatic heterocycles. The van der Waals surface area contributed by atoms with Crippen LogP contribution in [0.15, 0.2) is 36.4 Å². The number of alkyl halides is 10. The maximum Gasteiger partial charge on any atom is 0.453 e. The van der Waals surface area contributed by atoms with Gasteiger partial charge in [0.05, 0.1) is 24.5 Å². The van der Waals surface area contributed by atoms with Crippen molar-refractivity contribution in [2.45, 2.75) is 271 Å². The summed E-state index contributed by atoms with van der Waals surface area (Å²) in [6, 6.07) is 10.3. The number of rotatable bonds is 24. The van der Waals surface area contributed by atoms with Crippen molar-refractivity contribution in [2.75, 3.05) is 23.0 Å². The molecule has 14 nitrogen and oxygen atoms in total. The molecule has 0 spiro atoms. The van der Waals surface area contributed by atoms with E-state index in [0.717, 1.165) is 75.3 Å². The maximum absolute atomic E-state index is 13.3. The van der Waals surface area contributed by atoms with Crippen LogP contribution in [0, 0.1) is 64.1 Å². The Bertz CT molecular complexity index is 3120. The second-order valence-electron chi connectivity index (χ2n) is 31.9. The Balaban J connectivity index is 0.000000307. The number of hydrogen-bond donors (Lipinski definition) is 5. The predicted molar refractivity (Wildman–Crippen MR) is 374 cm³/mol. The van der Waals surface area contributed by atoms with Gasteiger partial charge in [0.1, 0.15) is 28.7 Å². The molecule has 572 valence electrons. The van der Waals surface area contributed by atoms with E-state index in [1.165, 1.54) is 11.1 Å². The number of carbonyl (C=O) groups is 4. The average Bonchev–Trinajstić information content (AvgIpc) is 1.45. The van der Waals surface area contributed by atoms with Crippen LogP contribution in [0.1, 0.15) is 226 Å². The van der Waals surface area contributed by atoms with E-state index in [1.807, 2.05) is 24.3 Å². The summed E-state index contributed by atoms with van der Waals surface area (Å²) in [7, 11) is -2.97. The number of carboxylic acids is 1. The number of carboxylic acid groups (broad SMARTS) is 1. The van der Waals surface area contributed by atoms with E-state index in [-0.39, 0.29) is 124 Å². The lowest BCUT2D eigenvalue weighted by Gasteiger charge is -2.53. The summed E-state index contributed by atoms with van der Waals surface area (Å²) in [5.74, 6) is -9.54. The van der Waals surface area contributed by atoms with Gasteiger partial charge in [-0.05, 0) is 261 Å². The smallest absolute Gasteiger partial charge is 0.453 e. The van der Waals surface area contributed by atoms with Crippen LogP contribution in [0.25, 0.3) is 0 Å². The molecule has 16 atom stereocenters. The number of nitrogens with one attached hydrogen (secondary N) is 1. The minimum atomic E-state index is -5.62. The first-order valence-corrected chi connectivity index (χ1v) is 38.1. The number of fused-ring (bicyclic) bond motifs is 10. The van der Waals surface area contributed by atoms with Gasteiger partial charge in [0.15, 0.2) is 0 Å². The van der Waals surface area contributed by atoms with Crippen molar-refractivity contribution in [2.24, 2.45) is 64.1 Å². The Hall–Kier alpha value is -3.83. The Morgan fingerprint density at radius 2 is 1.02 bits per heavy atom. The van der Waals surface area contributed by atoms with Crippen molar-refractivity contribution < 1.29 is 106 Å². The molecule has 2 aromatic carbocycles. The number of hydrogen-bond acceptors (Lipinski definition) is 12. The third-order valence-corrected chi connectivity index (χ3v) is 24.8. The molecule has 0 heterocycles. The van der Waals surface area contributed by atoms with Crippen LogP contribution in [0.3, 0.4) is 0 Å². The predicted octanol–water partition coefficient (Wildman–Crippen LogP) is 17.1. The van der Waals surface area contributed by atoms with Gasteiger partial charge < -0.3 is 40.0 Å². The summed E-state index contributed by atoms with van der Waals surface area (Å²) < 4.78 is 168. The van der Waals surface area contributed by atoms with Gasteiger partial charge in [-0.2, -0.15) is 43.9 Å². The SMILES string of the molecule is CC(C)[C@H](CC(=O)OC(C)(C)C)C(=O)O.CC(C)[C@H](NC(=O)OC(C)(C)C)C(=O)Oc1ccc2c(c1)C[C@@H](CCCS(=O)CCCC(F)(F)C(F)(F)F)[C@@H]1[C@@H]2CC[C@]2(C)[C@@H](O)CC[C@@H]12.C[C@]12CC[C@@H]3c4ccc(O)cc4C[C@@H](CCCS(=O)CCCC(F)(F)C(F)(F)F)[C@H]3[C@@H]1CC[C@@H]2O.I. The number of ether oxygens (including phenoxy) is 3. The van der Waals surface area contributed by atoms with Gasteiger partial charge in [0, 0.05) is 57.5 Å². The van der Waals surface area contributed by atoms with Crippen molar-refractivity contribution in [1.29, 1.82) is 0 Å². The molecule has 6 aliphatic carbocycles. The van der Waals surface area contributed by atoms with Crippen LogP contribution >= 0.6 is 24.0 Å². The highest BCUT2D eigenvalue weighted by Gasteiger charge is 2.60. The Labute approximate surface area is 605 Å². The zero-order valence-electron chi connectivity index (χ0n) is 59.8. The molecular formula is C73H108F10INO13S2. The van der Waals surface area contributed by atoms with Crippen molar-refractivity contribution in [3.05, 3.63) is 58.7 Å². The van der Waals surface area contributed by atoms with Gasteiger partial charge in [-0.1, -0.05) is 53.7 Å². The fraction of sp³-hybridized carbons (Fsp3) is 0.781. The van der Waals surface area contributed by atoms with Crippen LogP contribution in [-0.2, 0) is 58.3 Å². The van der Waals surface area contributed by atoms with Gasteiger partial charge in [-0.25, -0.2) is 9.59 Å². The first-order valence-electron chi connectivity index (χ1n) is 35.1. The lowest BCUT2D eigenvalue weighted by atomic mass is 9.52. The second kappa shape index (κ2) is 35.1. The van der Waals surface area contributed by atoms with Gasteiger partial charge in [-0.3, -0.25) is 18.0 Å². The molecule has 0 saturated heterocycles. The number of halogens is 11. The topological polar surface area (TPSA) is 223 Å². The largest absolute Gasteiger partial charge is 0.508 e. The molecule has 8 rings (SSSR count). The number of aliphatic carboxylic acids is 1. The average molecular weight is 1590 g/mol. The number of benzene rings is 2. The van der Waals surface area contributed by atoms with E-state index in [0.29, 0.717) is 49.2 Å². The Kier molecular flexibility index (Phi) is 30.4. The van der Waals surface area contributed by atoms with Crippen LogP contribution in [0.5, 0.6) is 11.5 Å². The van der Waals surface area contributed by atoms with Crippen molar-refractivity contribution >= 4 is 69.6 Å². The third-order valence-electron chi connectivity index (χ3n) is 21.8. The summed E-state index contributed by atoms with van der Waals surface area (Å²) >= 11 is 0. The van der Waals surface area contributed by atoms with E-state index < -0.39 is 119 Å². The summed E-state index contributed by atoms with van der Waals surface area (Å²) in [4.78, 5) is 47.9. The molecule has 100 heavy (non-hydrogen) atoms. The molecule has 0 bridgehead atoms. The van der Waals surface area contributed by atoms with Crippen molar-refractivity contribution in [3.8, 4) is 11.5 Å². The second-order valence-corrected chi connectivity index (χ2v) is 35.3. The lowest BCUT2D eigenvalue weighted by molar-refractivity contribution is -0.284. The van der Waals surface area contributed by atoms with E-state index in [9.17, 15) is 86.8 Å². The number of phenols is 1. The first kappa shape index (κ1) is 86.8. The summed E-state index contributed by atoms with van der Waals surface area (Å²) in [5, 5.41) is 43.2. The fourth-order valence-corrected chi connectivity index (χ4v) is 19.1. The van der Waals surface area contributed by atoms with E-state index in [1.54, 1.807) is 81.4 Å². The molecule has 4 saturated carbocycles. The number of amides is 1. The number of esters is 2. The van der Waals surface area contributed by atoms with Crippen LogP contribution < -0.4 is 10.1 Å². The lowest BCUT2D eigenvalue weighted by Crippen LogP contribution is -2.48. The van der Waals surface area contributed by atoms with E-state index in [4.69, 9.17) is 19.3 Å². The van der Waals surface area contributed by atoms with Gasteiger partial charge in [0.25, 0.3) is 0 Å². The van der Waals surface area contributed by atoms with Crippen molar-refractivity contribution in [3.63, 3.8) is 0 Å². The maximum atomic E-state index is 13.3. The van der Waals surface area contributed by atoms with Gasteiger partial charge in [0.2, 0.25) is 0 Å². The first-order chi connectivity index (χ1) is 45.6. The summed E-state index contributed by atoms with van der Waals surface area (Å²) in [5.41, 5.74) is 3.03. The molecule has 4 fully saturated rings. The molecule has 6 aliphatic rings. The minimum absolute atomic E-state index is 0. The quantitative estimate of drug-likeness (QED) is 0.0286. The molecule has 2 aromatic rings. The fourth-order valence-electron chi connectivity index (χ4n) is 16.8. The standard InChI is InChI=1S/C36H52F5NO6S.C26H35F5O3S.C11H20O4.HI/c1-21(2)30(42-32(45)48-33(3,4)5)31(44)47-24-10-11-25-23(20-24)19-22(29-26(25)14-16-34(6)27(29)12-13-28(34)43)9-7-17-49(46)18-8-15-35(37,38)36(39,40)41;1-24-11-9-20-19-6-5-18(32)15-17(19)14-16(23(20)21(24)7-8-22(24)33)4-2-12-35(34)13-3-10-25(27,28)26(29,30)31;1-7(2)8(10(13)14)6-9(12)15-11(3,4)5;/h10-11,20-22,26-30,43H,7-9,12-19H2,1-6H3,(H,42,45);5-6,15-16,20-23,32-33H,2-4,7-14H2,1H3;7-8H,6H2,1-5H3,(H,13,14);1H/t22-,26-,27+,28+,29-,30+,34+,49?;16-,20-,21+,22+,23-,24+,35?;8-;/m110./s1. The monoisotopic (exact) mass is 1590 g/mol. The van der Waals surface area contributed by atoms with E-state index >= 15 is 0 Å². The van der Waals surface area contributed by atoms with Gasteiger partial charge in [-0.15, -0.1) is 24.0 Å². The highest BCUT2D eigenvalue weighted by Crippen LogP contribution is 2.64. The molecule has 5 N–H and O–H groups in total. The number of carbonyl (C=O) groups excluding carboxylic acids is 3. The number of alkyl carbamates (subject to hydrolysis) is 1. The van der Waals surface area contributed by atoms with E-state index in [2.05, 4.69) is 19.2 Å². The highest BCUT2D eigenvalue weighted by molar-refractivity contribution is 14.0. The molecule has 2 unspecified atom stereocenters. The van der Waals surface area contributed by atoms with Gasteiger partial charge >= 0.3 is 48.2 Å². The molecule has 1 amide bonds.